The van der Waals surface area contributed by atoms with Crippen molar-refractivity contribution in [3.8, 4) is 0 Å². The number of carbonyl (C=O) groups is 2. The summed E-state index contributed by atoms with van der Waals surface area (Å²) in [5, 5.41) is 0. The summed E-state index contributed by atoms with van der Waals surface area (Å²) >= 11 is 0. The minimum absolute atomic E-state index is 0.00586. The third-order valence-corrected chi connectivity index (χ3v) is 3.72. The van der Waals surface area contributed by atoms with Crippen molar-refractivity contribution in [1.29, 1.82) is 0 Å². The van der Waals surface area contributed by atoms with Gasteiger partial charge >= 0.3 is 5.97 Å². The van der Waals surface area contributed by atoms with E-state index in [0.29, 0.717) is 12.2 Å². The Kier molecular flexibility index (Phi) is 5.93. The highest BCUT2D eigenvalue weighted by atomic mass is 16.5. The van der Waals surface area contributed by atoms with Crippen molar-refractivity contribution in [1.82, 2.24) is 4.90 Å². The van der Waals surface area contributed by atoms with Crippen LogP contribution < -0.4 is 0 Å². The van der Waals surface area contributed by atoms with Crippen molar-refractivity contribution in [2.24, 2.45) is 0 Å². The lowest BCUT2D eigenvalue weighted by molar-refractivity contribution is -0.143. The van der Waals surface area contributed by atoms with Crippen LogP contribution in [0.3, 0.4) is 0 Å². The van der Waals surface area contributed by atoms with E-state index < -0.39 is 0 Å². The molecule has 0 atom stereocenters. The largest absolute Gasteiger partial charge is 0.466 e. The Bertz CT molecular complexity index is 493. The van der Waals surface area contributed by atoms with E-state index in [1.165, 1.54) is 18.4 Å². The van der Waals surface area contributed by atoms with Gasteiger partial charge < -0.3 is 4.74 Å². The van der Waals surface area contributed by atoms with Gasteiger partial charge in [-0.1, -0.05) is 18.2 Å². The molecule has 1 heterocycles. The minimum Gasteiger partial charge on any atom is -0.466 e. The van der Waals surface area contributed by atoms with E-state index in [1.54, 1.807) is 6.92 Å². The number of hydrogen-bond donors (Lipinski definition) is 0. The maximum absolute atomic E-state index is 12.1. The van der Waals surface area contributed by atoms with Gasteiger partial charge in [-0.2, -0.15) is 0 Å². The molecular weight excluding hydrogens is 266 g/mol. The quantitative estimate of drug-likeness (QED) is 0.572. The van der Waals surface area contributed by atoms with Crippen LogP contribution in [0.2, 0.25) is 0 Å². The maximum Gasteiger partial charge on any atom is 0.306 e. The Morgan fingerprint density at radius 2 is 1.95 bits per heavy atom. The van der Waals surface area contributed by atoms with E-state index in [4.69, 9.17) is 4.74 Å². The predicted octanol–water partition coefficient (Wildman–Crippen LogP) is 2.81. The zero-order valence-corrected chi connectivity index (χ0v) is 12.6. The van der Waals surface area contributed by atoms with E-state index >= 15 is 0 Å². The van der Waals surface area contributed by atoms with Gasteiger partial charge in [0.25, 0.3) is 0 Å². The van der Waals surface area contributed by atoms with Crippen LogP contribution in [0.15, 0.2) is 24.3 Å². The van der Waals surface area contributed by atoms with Crippen molar-refractivity contribution in [2.75, 3.05) is 19.7 Å². The number of ketones is 1. The monoisotopic (exact) mass is 289 g/mol. The van der Waals surface area contributed by atoms with Gasteiger partial charge in [0.15, 0.2) is 5.78 Å². The van der Waals surface area contributed by atoms with Crippen LogP contribution in [0.4, 0.5) is 0 Å². The molecule has 0 spiro atoms. The molecule has 0 aromatic heterocycles. The van der Waals surface area contributed by atoms with Crippen molar-refractivity contribution in [3.05, 3.63) is 35.4 Å². The van der Waals surface area contributed by atoms with Crippen molar-refractivity contribution in [3.63, 3.8) is 0 Å². The number of nitrogens with zero attached hydrogens (tertiary/aromatic N) is 1. The van der Waals surface area contributed by atoms with Gasteiger partial charge in [0.2, 0.25) is 0 Å². The highest BCUT2D eigenvalue weighted by molar-refractivity contribution is 5.97. The van der Waals surface area contributed by atoms with Gasteiger partial charge in [-0.15, -0.1) is 0 Å². The summed E-state index contributed by atoms with van der Waals surface area (Å²) in [6.07, 6.45) is 2.89. The van der Waals surface area contributed by atoms with E-state index in [0.717, 1.165) is 19.6 Å². The van der Waals surface area contributed by atoms with Crippen LogP contribution in [0, 0.1) is 0 Å². The van der Waals surface area contributed by atoms with Crippen LogP contribution in [0.1, 0.15) is 48.5 Å². The van der Waals surface area contributed by atoms with E-state index in [1.807, 2.05) is 18.2 Å². The Labute approximate surface area is 126 Å². The van der Waals surface area contributed by atoms with Gasteiger partial charge in [-0.3, -0.25) is 14.5 Å². The third kappa shape index (κ3) is 4.97. The molecule has 21 heavy (non-hydrogen) atoms. The topological polar surface area (TPSA) is 46.6 Å². The van der Waals surface area contributed by atoms with Crippen LogP contribution in [-0.4, -0.2) is 36.3 Å². The Hall–Kier alpha value is -1.68. The Morgan fingerprint density at radius 3 is 2.67 bits per heavy atom. The second kappa shape index (κ2) is 7.93. The number of ether oxygens (including phenoxy) is 1. The summed E-state index contributed by atoms with van der Waals surface area (Å²) in [7, 11) is 0. The Balaban J connectivity index is 1.89. The number of hydrogen-bond acceptors (Lipinski definition) is 4. The first kappa shape index (κ1) is 15.7. The molecule has 4 heteroatoms. The number of Topliss-reactive ketones (excluding diaryl/α,β-unsaturated/α-hetero) is 1. The third-order valence-electron chi connectivity index (χ3n) is 3.72. The smallest absolute Gasteiger partial charge is 0.306 e. The van der Waals surface area contributed by atoms with Gasteiger partial charge in [-0.05, 0) is 44.5 Å². The molecule has 1 aromatic rings. The van der Waals surface area contributed by atoms with Crippen molar-refractivity contribution < 1.29 is 14.3 Å². The standard InChI is InChI=1S/C17H23NO3/c1-2-21-17(20)9-8-16(19)15-7-5-6-14(12-15)13-18-10-3-4-11-18/h5-7,12H,2-4,8-11,13H2,1H3. The highest BCUT2D eigenvalue weighted by Crippen LogP contribution is 2.15. The summed E-state index contributed by atoms with van der Waals surface area (Å²) < 4.78 is 4.84. The van der Waals surface area contributed by atoms with Gasteiger partial charge in [0, 0.05) is 18.5 Å². The van der Waals surface area contributed by atoms with E-state index in [-0.39, 0.29) is 24.6 Å². The van der Waals surface area contributed by atoms with Crippen LogP contribution >= 0.6 is 0 Å². The first-order chi connectivity index (χ1) is 10.2. The Morgan fingerprint density at radius 1 is 1.19 bits per heavy atom. The predicted molar refractivity (Wildman–Crippen MR) is 81.2 cm³/mol. The molecule has 2 rings (SSSR count). The first-order valence-electron chi connectivity index (χ1n) is 7.69. The second-order valence-corrected chi connectivity index (χ2v) is 5.41. The zero-order valence-electron chi connectivity index (χ0n) is 12.6. The molecule has 1 fully saturated rings. The van der Waals surface area contributed by atoms with E-state index in [9.17, 15) is 9.59 Å². The summed E-state index contributed by atoms with van der Waals surface area (Å²) in [4.78, 5) is 25.8. The number of benzene rings is 1. The number of carbonyl (C=O) groups excluding carboxylic acids is 2. The number of esters is 1. The zero-order chi connectivity index (χ0) is 15.1. The fourth-order valence-corrected chi connectivity index (χ4v) is 2.64. The number of rotatable bonds is 7. The normalized spacial score (nSPS) is 15.1. The summed E-state index contributed by atoms with van der Waals surface area (Å²) in [5.74, 6) is -0.301. The molecule has 1 saturated heterocycles. The van der Waals surface area contributed by atoms with Gasteiger partial charge in [-0.25, -0.2) is 0 Å². The molecule has 1 aromatic carbocycles. The fourth-order valence-electron chi connectivity index (χ4n) is 2.64. The molecule has 0 N–H and O–H groups in total. The molecule has 0 saturated carbocycles. The van der Waals surface area contributed by atoms with Crippen molar-refractivity contribution >= 4 is 11.8 Å². The molecule has 0 unspecified atom stereocenters. The van der Waals surface area contributed by atoms with Gasteiger partial charge in [0.05, 0.1) is 13.0 Å². The molecule has 0 amide bonds. The van der Waals surface area contributed by atoms with Crippen LogP contribution in [0.25, 0.3) is 0 Å². The summed E-state index contributed by atoms with van der Waals surface area (Å²) in [6.45, 7) is 5.31. The minimum atomic E-state index is -0.306. The molecule has 0 aliphatic carbocycles. The lowest BCUT2D eigenvalue weighted by atomic mass is 10.0. The summed E-state index contributed by atoms with van der Waals surface area (Å²) in [5.41, 5.74) is 1.86. The summed E-state index contributed by atoms with van der Waals surface area (Å²) in [6, 6.07) is 7.75. The maximum atomic E-state index is 12.1. The highest BCUT2D eigenvalue weighted by Gasteiger charge is 2.14. The molecular formula is C17H23NO3. The molecule has 1 aliphatic rings. The number of likely N-dealkylation sites (tertiary alicyclic amines) is 1. The average Bonchev–Trinajstić information content (AvgIpc) is 2.98. The molecule has 0 radical (unpaired) electrons. The molecule has 0 bridgehead atoms. The average molecular weight is 289 g/mol. The lowest BCUT2D eigenvalue weighted by Gasteiger charge is -2.14. The SMILES string of the molecule is CCOC(=O)CCC(=O)c1cccc(CN2CCCC2)c1. The van der Waals surface area contributed by atoms with Crippen LogP contribution in [-0.2, 0) is 16.1 Å². The molecule has 4 nitrogen and oxygen atoms in total. The van der Waals surface area contributed by atoms with E-state index in [2.05, 4.69) is 11.0 Å². The fraction of sp³-hybridized carbons (Fsp3) is 0.529. The second-order valence-electron chi connectivity index (χ2n) is 5.41. The molecule has 114 valence electrons. The molecule has 1 aliphatic heterocycles. The van der Waals surface area contributed by atoms with Gasteiger partial charge in [0.1, 0.15) is 0 Å². The first-order valence-corrected chi connectivity index (χ1v) is 7.69. The van der Waals surface area contributed by atoms with Crippen LogP contribution in [0.5, 0.6) is 0 Å². The lowest BCUT2D eigenvalue weighted by Crippen LogP contribution is -2.18. The van der Waals surface area contributed by atoms with Crippen molar-refractivity contribution in [2.45, 2.75) is 39.2 Å².